The van der Waals surface area contributed by atoms with Gasteiger partial charge in [0.05, 0.1) is 20.3 Å². The molecule has 0 aromatic carbocycles. The number of guanidine groups is 1. The van der Waals surface area contributed by atoms with Gasteiger partial charge in [0.15, 0.2) is 5.96 Å². The molecule has 0 bridgehead atoms. The number of hydrogen-bond donors (Lipinski definition) is 2. The zero-order chi connectivity index (χ0) is 18.8. The number of aliphatic imine (C=N–C) groups is 1. The van der Waals surface area contributed by atoms with Crippen molar-refractivity contribution >= 4 is 12.1 Å². The van der Waals surface area contributed by atoms with Gasteiger partial charge in [0.1, 0.15) is 0 Å². The number of nitrogens with one attached hydrogen (secondary N) is 2. The van der Waals surface area contributed by atoms with Crippen LogP contribution in [0.2, 0.25) is 0 Å². The maximum Gasteiger partial charge on any atom is 0.409 e. The van der Waals surface area contributed by atoms with E-state index in [1.54, 1.807) is 4.90 Å². The Bertz CT molecular complexity index is 446. The van der Waals surface area contributed by atoms with Crippen molar-refractivity contribution < 1.29 is 14.3 Å². The first kappa shape index (κ1) is 20.8. The second-order valence-electron chi connectivity index (χ2n) is 7.11. The largest absolute Gasteiger partial charge is 0.453 e. The molecule has 1 amide bonds. The standard InChI is InChI=1S/C18H35N5O3/c1-4-19-17(20-13-15(2)14-22-9-11-26-12-10-22)21-16-5-7-23(8-6-16)18(24)25-3/h15-16H,4-14H2,1-3H3,(H2,19,20,21). The normalized spacial score (nSPS) is 21.3. The van der Waals surface area contributed by atoms with Gasteiger partial charge in [-0.25, -0.2) is 4.79 Å². The SMILES string of the molecule is CCNC(=NCC(C)CN1CCOCC1)NC1CCN(C(=O)OC)CC1. The van der Waals surface area contributed by atoms with Gasteiger partial charge in [-0.2, -0.15) is 0 Å². The van der Waals surface area contributed by atoms with Crippen molar-refractivity contribution in [2.24, 2.45) is 10.9 Å². The molecule has 8 heteroatoms. The average molecular weight is 370 g/mol. The molecule has 2 aliphatic rings. The fraction of sp³-hybridized carbons (Fsp3) is 0.889. The number of amides is 1. The first-order chi connectivity index (χ1) is 12.6. The Kier molecular flexibility index (Phi) is 8.97. The van der Waals surface area contributed by atoms with E-state index in [2.05, 4.69) is 29.4 Å². The molecule has 0 aromatic heterocycles. The van der Waals surface area contributed by atoms with E-state index < -0.39 is 0 Å². The van der Waals surface area contributed by atoms with Crippen molar-refractivity contribution in [2.75, 3.05) is 66.1 Å². The third-order valence-electron chi connectivity index (χ3n) is 4.85. The average Bonchev–Trinajstić information content (AvgIpc) is 2.67. The van der Waals surface area contributed by atoms with Crippen LogP contribution in [0, 0.1) is 5.92 Å². The smallest absolute Gasteiger partial charge is 0.409 e. The number of hydrogen-bond acceptors (Lipinski definition) is 5. The lowest BCUT2D eigenvalue weighted by molar-refractivity contribution is 0.0323. The molecule has 0 saturated carbocycles. The first-order valence-electron chi connectivity index (χ1n) is 9.80. The van der Waals surface area contributed by atoms with Gasteiger partial charge in [-0.05, 0) is 25.7 Å². The maximum atomic E-state index is 11.6. The predicted octanol–water partition coefficient (Wildman–Crippen LogP) is 0.741. The van der Waals surface area contributed by atoms with Crippen LogP contribution >= 0.6 is 0 Å². The highest BCUT2D eigenvalue weighted by atomic mass is 16.5. The molecule has 0 spiro atoms. The summed E-state index contributed by atoms with van der Waals surface area (Å²) in [7, 11) is 1.43. The zero-order valence-corrected chi connectivity index (χ0v) is 16.5. The molecule has 150 valence electrons. The van der Waals surface area contributed by atoms with Gasteiger partial charge in [0.25, 0.3) is 0 Å². The Labute approximate surface area is 157 Å². The lowest BCUT2D eigenvalue weighted by Crippen LogP contribution is -2.50. The summed E-state index contributed by atoms with van der Waals surface area (Å²) >= 11 is 0. The van der Waals surface area contributed by atoms with E-state index in [1.165, 1.54) is 7.11 Å². The molecular formula is C18H35N5O3. The van der Waals surface area contributed by atoms with Crippen molar-refractivity contribution in [1.29, 1.82) is 0 Å². The Morgan fingerprint density at radius 1 is 1.27 bits per heavy atom. The number of morpholine rings is 1. The van der Waals surface area contributed by atoms with Crippen LogP contribution in [0.4, 0.5) is 4.79 Å². The second kappa shape index (κ2) is 11.2. The quantitative estimate of drug-likeness (QED) is 0.531. The topological polar surface area (TPSA) is 78.4 Å². The van der Waals surface area contributed by atoms with Crippen LogP contribution in [-0.4, -0.2) is 94.0 Å². The number of carbonyl (C=O) groups excluding carboxylic acids is 1. The molecule has 0 aromatic rings. The number of methoxy groups -OCH3 is 1. The third kappa shape index (κ3) is 6.99. The lowest BCUT2D eigenvalue weighted by atomic mass is 10.1. The summed E-state index contributed by atoms with van der Waals surface area (Å²) in [4.78, 5) is 20.6. The summed E-state index contributed by atoms with van der Waals surface area (Å²) in [5.41, 5.74) is 0. The number of piperidine rings is 1. The number of carbonyl (C=O) groups is 1. The highest BCUT2D eigenvalue weighted by Gasteiger charge is 2.23. The van der Waals surface area contributed by atoms with Crippen LogP contribution in [0.1, 0.15) is 26.7 Å². The van der Waals surface area contributed by atoms with Crippen molar-refractivity contribution in [2.45, 2.75) is 32.7 Å². The third-order valence-corrected chi connectivity index (χ3v) is 4.85. The summed E-state index contributed by atoms with van der Waals surface area (Å²) < 4.78 is 10.2. The highest BCUT2D eigenvalue weighted by molar-refractivity contribution is 5.80. The Morgan fingerprint density at radius 3 is 2.58 bits per heavy atom. The van der Waals surface area contributed by atoms with E-state index in [9.17, 15) is 4.79 Å². The summed E-state index contributed by atoms with van der Waals surface area (Å²) in [5, 5.41) is 6.85. The summed E-state index contributed by atoms with van der Waals surface area (Å²) in [6.07, 6.45) is 1.58. The van der Waals surface area contributed by atoms with Crippen molar-refractivity contribution in [1.82, 2.24) is 20.4 Å². The van der Waals surface area contributed by atoms with Crippen molar-refractivity contribution in [3.63, 3.8) is 0 Å². The van der Waals surface area contributed by atoms with Gasteiger partial charge < -0.3 is 25.0 Å². The molecule has 2 N–H and O–H groups in total. The lowest BCUT2D eigenvalue weighted by Gasteiger charge is -2.32. The molecule has 2 fully saturated rings. The fourth-order valence-electron chi connectivity index (χ4n) is 3.38. The molecule has 1 atom stereocenters. The fourth-order valence-corrected chi connectivity index (χ4v) is 3.38. The van der Waals surface area contributed by atoms with Gasteiger partial charge in [0.2, 0.25) is 0 Å². The molecule has 2 rings (SSSR count). The summed E-state index contributed by atoms with van der Waals surface area (Å²) in [5.74, 6) is 1.38. The van der Waals surface area contributed by atoms with Crippen molar-refractivity contribution in [3.8, 4) is 0 Å². The molecule has 26 heavy (non-hydrogen) atoms. The van der Waals surface area contributed by atoms with E-state index in [4.69, 9.17) is 14.5 Å². The van der Waals surface area contributed by atoms with Gasteiger partial charge in [-0.1, -0.05) is 6.92 Å². The molecule has 2 aliphatic heterocycles. The monoisotopic (exact) mass is 369 g/mol. The van der Waals surface area contributed by atoms with E-state index in [0.29, 0.717) is 12.0 Å². The second-order valence-corrected chi connectivity index (χ2v) is 7.11. The minimum absolute atomic E-state index is 0.235. The summed E-state index contributed by atoms with van der Waals surface area (Å²) in [6, 6.07) is 0.336. The Hall–Kier alpha value is -1.54. The van der Waals surface area contributed by atoms with Crippen LogP contribution in [-0.2, 0) is 9.47 Å². The van der Waals surface area contributed by atoms with E-state index >= 15 is 0 Å². The number of likely N-dealkylation sites (tertiary alicyclic amines) is 1. The number of ether oxygens (including phenoxy) is 2. The Morgan fingerprint density at radius 2 is 1.96 bits per heavy atom. The Balaban J connectivity index is 1.76. The van der Waals surface area contributed by atoms with Gasteiger partial charge in [0, 0.05) is 51.9 Å². The molecule has 0 aliphatic carbocycles. The molecule has 0 radical (unpaired) electrons. The number of nitrogens with zero attached hydrogens (tertiary/aromatic N) is 3. The molecule has 8 nitrogen and oxygen atoms in total. The van der Waals surface area contributed by atoms with Crippen LogP contribution in [0.25, 0.3) is 0 Å². The molecular weight excluding hydrogens is 334 g/mol. The highest BCUT2D eigenvalue weighted by Crippen LogP contribution is 2.11. The van der Waals surface area contributed by atoms with E-state index in [1.807, 2.05) is 0 Å². The van der Waals surface area contributed by atoms with Crippen molar-refractivity contribution in [3.05, 3.63) is 0 Å². The van der Waals surface area contributed by atoms with Crippen LogP contribution < -0.4 is 10.6 Å². The van der Waals surface area contributed by atoms with E-state index in [-0.39, 0.29) is 6.09 Å². The van der Waals surface area contributed by atoms with Crippen LogP contribution in [0.3, 0.4) is 0 Å². The first-order valence-corrected chi connectivity index (χ1v) is 9.80. The predicted molar refractivity (Wildman–Crippen MR) is 103 cm³/mol. The molecule has 2 heterocycles. The van der Waals surface area contributed by atoms with Gasteiger partial charge >= 0.3 is 6.09 Å². The van der Waals surface area contributed by atoms with Crippen LogP contribution in [0.15, 0.2) is 4.99 Å². The van der Waals surface area contributed by atoms with Crippen LogP contribution in [0.5, 0.6) is 0 Å². The zero-order valence-electron chi connectivity index (χ0n) is 16.5. The minimum atomic E-state index is -0.235. The summed E-state index contributed by atoms with van der Waals surface area (Å²) in [6.45, 7) is 12.2. The van der Waals surface area contributed by atoms with E-state index in [0.717, 1.165) is 77.8 Å². The minimum Gasteiger partial charge on any atom is -0.453 e. The van der Waals surface area contributed by atoms with Gasteiger partial charge in [-0.15, -0.1) is 0 Å². The molecule has 1 unspecified atom stereocenters. The maximum absolute atomic E-state index is 11.6. The molecule has 2 saturated heterocycles. The number of rotatable bonds is 6. The van der Waals surface area contributed by atoms with Gasteiger partial charge in [-0.3, -0.25) is 9.89 Å².